The normalized spacial score (nSPS) is 15.6. The van der Waals surface area contributed by atoms with E-state index < -0.39 is 24.1 Å². The maximum Gasteiger partial charge on any atom is 0.326 e. The average molecular weight is 723 g/mol. The van der Waals surface area contributed by atoms with Gasteiger partial charge in [-0.15, -0.1) is 0 Å². The molecule has 13 heteroatoms. The molecule has 3 atom stereocenters. The average Bonchev–Trinajstić information content (AvgIpc) is 3.36. The Labute approximate surface area is 310 Å². The molecule has 0 spiro atoms. The van der Waals surface area contributed by atoms with Crippen molar-refractivity contribution in [1.29, 1.82) is 0 Å². The van der Waals surface area contributed by atoms with E-state index in [4.69, 9.17) is 28.7 Å². The van der Waals surface area contributed by atoms with Crippen LogP contribution >= 0.6 is 0 Å². The van der Waals surface area contributed by atoms with Crippen LogP contribution in [0.1, 0.15) is 123 Å². The highest BCUT2D eigenvalue weighted by Crippen LogP contribution is 2.48. The van der Waals surface area contributed by atoms with E-state index in [0.717, 1.165) is 35.0 Å². The van der Waals surface area contributed by atoms with Crippen LogP contribution in [-0.2, 0) is 32.3 Å². The molecular formula is C39H66N10O3. The number of carboxylic acid groups (broad SMARTS) is 1. The van der Waals surface area contributed by atoms with Gasteiger partial charge in [0.1, 0.15) is 6.04 Å². The summed E-state index contributed by atoms with van der Waals surface area (Å²) in [5.74, 6) is -0.992. The molecule has 1 fully saturated rings. The Kier molecular flexibility index (Phi) is 13.8. The maximum atomic E-state index is 13.7. The van der Waals surface area contributed by atoms with Crippen molar-refractivity contribution in [3.8, 4) is 0 Å². The molecule has 3 rings (SSSR count). The Morgan fingerprint density at radius 1 is 0.904 bits per heavy atom. The van der Waals surface area contributed by atoms with Crippen LogP contribution < -0.4 is 39.3 Å². The van der Waals surface area contributed by atoms with E-state index in [1.54, 1.807) is 0 Å². The number of aliphatic carboxylic acids is 1. The summed E-state index contributed by atoms with van der Waals surface area (Å²) in [6.45, 7) is 22.9. The van der Waals surface area contributed by atoms with Crippen LogP contribution in [0.5, 0.6) is 0 Å². The predicted octanol–water partition coefficient (Wildman–Crippen LogP) is 3.86. The number of nitrogens with zero attached hydrogens (tertiary/aromatic N) is 2. The number of hydrogen-bond acceptors (Lipinski definition) is 6. The molecule has 1 saturated carbocycles. The number of benzene rings is 1. The molecule has 1 amide bonds. The van der Waals surface area contributed by atoms with Gasteiger partial charge in [-0.1, -0.05) is 74.5 Å². The van der Waals surface area contributed by atoms with E-state index in [2.05, 4.69) is 99.7 Å². The van der Waals surface area contributed by atoms with Crippen LogP contribution in [0.15, 0.2) is 34.4 Å². The topological polar surface area (TPSA) is 249 Å². The van der Waals surface area contributed by atoms with Crippen LogP contribution in [0.25, 0.3) is 10.9 Å². The molecule has 0 saturated heterocycles. The molecule has 13 nitrogen and oxygen atoms in total. The van der Waals surface area contributed by atoms with Gasteiger partial charge in [0.25, 0.3) is 0 Å². The fraction of sp³-hybridized carbons (Fsp3) is 0.641. The van der Waals surface area contributed by atoms with E-state index in [0.29, 0.717) is 43.8 Å². The zero-order valence-electron chi connectivity index (χ0n) is 32.8. The number of guanidine groups is 2. The van der Waals surface area contributed by atoms with Gasteiger partial charge >= 0.3 is 5.97 Å². The Hall–Kier alpha value is -4.26. The van der Waals surface area contributed by atoms with Crippen molar-refractivity contribution in [2.75, 3.05) is 13.1 Å². The van der Waals surface area contributed by atoms with Gasteiger partial charge in [-0.05, 0) is 78.0 Å². The van der Waals surface area contributed by atoms with E-state index in [1.807, 2.05) is 0 Å². The highest BCUT2D eigenvalue weighted by molar-refractivity contribution is 5.91. The molecule has 1 aromatic carbocycles. The first-order valence-corrected chi connectivity index (χ1v) is 18.6. The lowest BCUT2D eigenvalue weighted by Crippen LogP contribution is -2.50. The van der Waals surface area contributed by atoms with E-state index in [9.17, 15) is 14.7 Å². The molecule has 1 heterocycles. The highest BCUT2D eigenvalue weighted by Gasteiger charge is 2.40. The molecule has 52 heavy (non-hydrogen) atoms. The van der Waals surface area contributed by atoms with Crippen LogP contribution in [0.2, 0.25) is 0 Å². The zero-order chi connectivity index (χ0) is 39.2. The predicted molar refractivity (Wildman–Crippen MR) is 213 cm³/mol. The SMILES string of the molecule is C=C(N[C@@H](CCCN=C(N)N)C(=O)O)C(Cc1c(C(C)(C)C2CCC2)[nH]c2cc(C(C)(C)C)cc(C(C)(C)C)c12)NC(=O)[C@@H](N)CCCN=C(N)N. The van der Waals surface area contributed by atoms with Gasteiger partial charge in [-0.3, -0.25) is 14.8 Å². The summed E-state index contributed by atoms with van der Waals surface area (Å²) in [6, 6.07) is 2.07. The van der Waals surface area contributed by atoms with Crippen molar-refractivity contribution in [3.63, 3.8) is 0 Å². The number of aromatic nitrogens is 1. The molecule has 290 valence electrons. The minimum atomic E-state index is -1.05. The first kappa shape index (κ1) is 42.2. The molecule has 14 N–H and O–H groups in total. The second-order valence-electron chi connectivity index (χ2n) is 17.1. The molecule has 2 aromatic rings. The molecule has 1 aliphatic rings. The number of aliphatic imine (C=N–C) groups is 2. The lowest BCUT2D eigenvalue weighted by molar-refractivity contribution is -0.139. The van der Waals surface area contributed by atoms with E-state index >= 15 is 0 Å². The van der Waals surface area contributed by atoms with Crippen LogP contribution in [-0.4, -0.2) is 65.1 Å². The molecule has 0 radical (unpaired) electrons. The number of hydrogen-bond donors (Lipinski definition) is 9. The summed E-state index contributed by atoms with van der Waals surface area (Å²) in [5.41, 5.74) is 33.9. The number of fused-ring (bicyclic) bond motifs is 1. The Morgan fingerprint density at radius 3 is 1.96 bits per heavy atom. The zero-order valence-corrected chi connectivity index (χ0v) is 32.8. The van der Waals surface area contributed by atoms with Gasteiger partial charge in [-0.2, -0.15) is 0 Å². The molecule has 1 aliphatic carbocycles. The van der Waals surface area contributed by atoms with Crippen LogP contribution in [0.4, 0.5) is 0 Å². The smallest absolute Gasteiger partial charge is 0.326 e. The second kappa shape index (κ2) is 17.0. The Morgan fingerprint density at radius 2 is 1.48 bits per heavy atom. The standard InChI is InChI=1S/C39H66N10O3/c1-22(47-28(34(51)52)16-12-18-46-36(43)44)29(49-33(50)27(40)15-11-17-45-35(41)42)21-25-31-26(38(5,6)7)19-24(37(2,3)4)20-30(31)48-32(25)39(8,9)23-13-10-14-23/h19-20,23,27-29,47-48H,1,10-18,21,40H2,2-9H3,(H,49,50)(H,51,52)(H4,41,42,45)(H4,43,44,46)/t27-,28-,29?/m0/s1. The van der Waals surface area contributed by atoms with Gasteiger partial charge < -0.3 is 49.4 Å². The van der Waals surface area contributed by atoms with E-state index in [1.165, 1.54) is 17.5 Å². The maximum absolute atomic E-state index is 13.7. The lowest BCUT2D eigenvalue weighted by atomic mass is 9.64. The Bertz CT molecular complexity index is 1630. The number of rotatable bonds is 18. The van der Waals surface area contributed by atoms with Gasteiger partial charge in [-0.25, -0.2) is 4.79 Å². The van der Waals surface area contributed by atoms with Gasteiger partial charge in [0.15, 0.2) is 11.9 Å². The van der Waals surface area contributed by atoms with Crippen LogP contribution in [0.3, 0.4) is 0 Å². The number of nitrogens with two attached hydrogens (primary N) is 5. The van der Waals surface area contributed by atoms with Crippen molar-refractivity contribution >= 4 is 34.7 Å². The lowest BCUT2D eigenvalue weighted by Gasteiger charge is -2.41. The third-order valence-electron chi connectivity index (χ3n) is 10.5. The monoisotopic (exact) mass is 723 g/mol. The van der Waals surface area contributed by atoms with Gasteiger partial charge in [0.2, 0.25) is 5.91 Å². The molecule has 1 aromatic heterocycles. The molecule has 1 unspecified atom stereocenters. The first-order valence-electron chi connectivity index (χ1n) is 18.6. The summed E-state index contributed by atoms with van der Waals surface area (Å²) in [6.07, 6.45) is 5.39. The number of nitrogens with one attached hydrogen (secondary N) is 3. The van der Waals surface area contributed by atoms with Gasteiger partial charge in [0.05, 0.1) is 12.1 Å². The summed E-state index contributed by atoms with van der Waals surface area (Å²) in [5, 5.41) is 17.6. The quantitative estimate of drug-likeness (QED) is 0.0615. The summed E-state index contributed by atoms with van der Waals surface area (Å²) in [7, 11) is 0. The third-order valence-corrected chi connectivity index (χ3v) is 10.5. The largest absolute Gasteiger partial charge is 0.480 e. The van der Waals surface area contributed by atoms with Crippen molar-refractivity contribution in [3.05, 3.63) is 46.8 Å². The number of carboxylic acids is 1. The molecule has 0 bridgehead atoms. The van der Waals surface area contributed by atoms with Crippen molar-refractivity contribution < 1.29 is 14.7 Å². The molecule has 0 aliphatic heterocycles. The first-order chi connectivity index (χ1) is 24.0. The van der Waals surface area contributed by atoms with E-state index in [-0.39, 0.29) is 47.0 Å². The second-order valence-corrected chi connectivity index (χ2v) is 17.1. The van der Waals surface area contributed by atoms with Crippen molar-refractivity contribution in [1.82, 2.24) is 15.6 Å². The van der Waals surface area contributed by atoms with Crippen molar-refractivity contribution in [2.45, 2.75) is 141 Å². The fourth-order valence-corrected chi connectivity index (χ4v) is 6.99. The fourth-order valence-electron chi connectivity index (χ4n) is 6.99. The van der Waals surface area contributed by atoms with Crippen molar-refractivity contribution in [2.24, 2.45) is 44.6 Å². The molecular weight excluding hydrogens is 656 g/mol. The highest BCUT2D eigenvalue weighted by atomic mass is 16.4. The number of carbonyl (C=O) groups excluding carboxylic acids is 1. The minimum Gasteiger partial charge on any atom is -0.480 e. The Balaban J connectivity index is 2.16. The van der Waals surface area contributed by atoms with Gasteiger partial charge in [0, 0.05) is 47.2 Å². The van der Waals surface area contributed by atoms with Crippen LogP contribution in [0, 0.1) is 5.92 Å². The summed E-state index contributed by atoms with van der Waals surface area (Å²) < 4.78 is 0. The number of H-pyrrole nitrogens is 1. The number of amides is 1. The third kappa shape index (κ3) is 10.9. The summed E-state index contributed by atoms with van der Waals surface area (Å²) in [4.78, 5) is 38.1. The minimum absolute atomic E-state index is 0.0182. The number of carbonyl (C=O) groups is 2. The number of aromatic amines is 1. The summed E-state index contributed by atoms with van der Waals surface area (Å²) >= 11 is 0.